The molecule has 0 aromatic rings. The Bertz CT molecular complexity index is 821. The lowest BCUT2D eigenvalue weighted by atomic mass is 9.42. The molecule has 0 saturated heterocycles. The highest BCUT2D eigenvalue weighted by atomic mass is 32.2. The summed E-state index contributed by atoms with van der Waals surface area (Å²) in [7, 11) is -6.02. The number of carbonyl (C=O) groups is 1. The van der Waals surface area contributed by atoms with Crippen LogP contribution >= 0.6 is 0 Å². The minimum absolute atomic E-state index is 0.0322. The Morgan fingerprint density at radius 2 is 1.37 bits per heavy atom. The van der Waals surface area contributed by atoms with E-state index in [4.69, 9.17) is 9.29 Å². The SMILES string of the molecule is O=C(OC12CC3CC(C1)C1(CCC(F)(F)C(F)(F)CC1)C(C3)C2)C(F)(F)S(=O)(=O)O. The topological polar surface area (TPSA) is 80.7 Å². The molecular weight excluding hydrogens is 442 g/mol. The van der Waals surface area contributed by atoms with E-state index in [-0.39, 0.29) is 49.9 Å². The third-order valence-corrected chi connectivity index (χ3v) is 8.79. The molecule has 5 aliphatic carbocycles. The van der Waals surface area contributed by atoms with Crippen LogP contribution in [0.5, 0.6) is 0 Å². The molecule has 12 heteroatoms. The van der Waals surface area contributed by atoms with Crippen molar-refractivity contribution in [2.24, 2.45) is 23.2 Å². The van der Waals surface area contributed by atoms with E-state index in [1.165, 1.54) is 0 Å². The molecule has 1 N–H and O–H groups in total. The standard InChI is InChI=1S/C18H22F6O5S/c19-16(20)3-1-15(2-4-17(16,21)22)11-5-10-6-12(15)9-14(7-10,8-11)29-13(25)18(23,24)30(26,27)28/h10-12H,1-9H2,(H,26,27,28). The van der Waals surface area contributed by atoms with Crippen molar-refractivity contribution in [3.05, 3.63) is 0 Å². The Kier molecular flexibility index (Phi) is 4.63. The van der Waals surface area contributed by atoms with Gasteiger partial charge in [-0.3, -0.25) is 4.55 Å². The number of hydrogen-bond acceptors (Lipinski definition) is 4. The fourth-order valence-electron chi connectivity index (χ4n) is 6.69. The number of hydrogen-bond donors (Lipinski definition) is 1. The van der Waals surface area contributed by atoms with Gasteiger partial charge < -0.3 is 4.74 Å². The second kappa shape index (κ2) is 6.26. The molecule has 1 spiro atoms. The van der Waals surface area contributed by atoms with E-state index in [0.29, 0.717) is 12.8 Å². The maximum Gasteiger partial charge on any atom is 0.465 e. The molecular formula is C18H22F6O5S. The van der Waals surface area contributed by atoms with E-state index >= 15 is 0 Å². The van der Waals surface area contributed by atoms with Crippen LogP contribution in [0.2, 0.25) is 0 Å². The smallest absolute Gasteiger partial charge is 0.454 e. The Hall–Kier alpha value is -1.04. The highest BCUT2D eigenvalue weighted by molar-refractivity contribution is 7.87. The van der Waals surface area contributed by atoms with Crippen LogP contribution in [0.4, 0.5) is 26.3 Å². The number of ether oxygens (including phenoxy) is 1. The summed E-state index contributed by atoms with van der Waals surface area (Å²) in [5.41, 5.74) is -2.20. The molecule has 5 rings (SSSR count). The van der Waals surface area contributed by atoms with Gasteiger partial charge in [0.25, 0.3) is 0 Å². The van der Waals surface area contributed by atoms with Crippen molar-refractivity contribution >= 4 is 16.1 Å². The molecule has 5 aliphatic rings. The van der Waals surface area contributed by atoms with Crippen LogP contribution in [0.1, 0.15) is 57.8 Å². The molecule has 0 aromatic heterocycles. The predicted octanol–water partition coefficient (Wildman–Crippen LogP) is 4.42. The van der Waals surface area contributed by atoms with Gasteiger partial charge in [0.05, 0.1) is 0 Å². The fraction of sp³-hybridized carbons (Fsp3) is 0.944. The van der Waals surface area contributed by atoms with Gasteiger partial charge in [0.1, 0.15) is 5.60 Å². The lowest BCUT2D eigenvalue weighted by Gasteiger charge is -2.65. The Morgan fingerprint density at radius 3 is 1.80 bits per heavy atom. The number of rotatable bonds is 3. The maximum atomic E-state index is 13.9. The first-order valence-electron chi connectivity index (χ1n) is 9.88. The summed E-state index contributed by atoms with van der Waals surface area (Å²) in [6, 6.07) is 0. The van der Waals surface area contributed by atoms with E-state index < -0.39 is 57.0 Å². The molecule has 5 saturated carbocycles. The molecule has 0 aliphatic heterocycles. The molecule has 2 unspecified atom stereocenters. The molecule has 30 heavy (non-hydrogen) atoms. The number of alkyl halides is 6. The molecule has 5 fully saturated rings. The largest absolute Gasteiger partial charge is 0.465 e. The highest BCUT2D eigenvalue weighted by Gasteiger charge is 2.68. The lowest BCUT2D eigenvalue weighted by Crippen LogP contribution is -2.62. The van der Waals surface area contributed by atoms with Gasteiger partial charge in [-0.25, -0.2) is 4.79 Å². The molecule has 2 atom stereocenters. The summed E-state index contributed by atoms with van der Waals surface area (Å²) in [6.07, 6.45) is -0.809. The molecule has 0 aromatic carbocycles. The van der Waals surface area contributed by atoms with Crippen molar-refractivity contribution in [2.75, 3.05) is 0 Å². The summed E-state index contributed by atoms with van der Waals surface area (Å²) < 4.78 is 118. The highest BCUT2D eigenvalue weighted by Crippen LogP contribution is 2.69. The zero-order valence-corrected chi connectivity index (χ0v) is 16.7. The van der Waals surface area contributed by atoms with Crippen molar-refractivity contribution in [1.82, 2.24) is 0 Å². The summed E-state index contributed by atoms with van der Waals surface area (Å²) in [5, 5.41) is -5.12. The maximum absolute atomic E-state index is 13.9. The number of carbonyl (C=O) groups excluding carboxylic acids is 1. The third kappa shape index (κ3) is 3.07. The Morgan fingerprint density at radius 1 is 0.900 bits per heavy atom. The predicted molar refractivity (Wildman–Crippen MR) is 89.7 cm³/mol. The van der Waals surface area contributed by atoms with Gasteiger partial charge in [-0.05, 0) is 68.1 Å². The molecule has 5 nitrogen and oxygen atoms in total. The Balaban J connectivity index is 1.59. The van der Waals surface area contributed by atoms with E-state index in [1.54, 1.807) is 0 Å². The second-order valence-electron chi connectivity index (χ2n) is 9.55. The average Bonchev–Trinajstić information content (AvgIpc) is 2.67. The molecule has 172 valence electrons. The first kappa shape index (κ1) is 22.2. The molecule has 0 heterocycles. The quantitative estimate of drug-likeness (QED) is 0.380. The van der Waals surface area contributed by atoms with Gasteiger partial charge in [-0.15, -0.1) is 0 Å². The van der Waals surface area contributed by atoms with E-state index in [1.807, 2.05) is 0 Å². The van der Waals surface area contributed by atoms with Crippen molar-refractivity contribution in [3.63, 3.8) is 0 Å². The molecule has 0 amide bonds. The zero-order chi connectivity index (χ0) is 22.4. The van der Waals surface area contributed by atoms with Crippen LogP contribution in [0.15, 0.2) is 0 Å². The van der Waals surface area contributed by atoms with Gasteiger partial charge in [0.2, 0.25) is 0 Å². The summed E-state index contributed by atoms with van der Waals surface area (Å²) in [6.45, 7) is 0. The summed E-state index contributed by atoms with van der Waals surface area (Å²) in [5.74, 6) is -11.4. The Labute approximate surface area is 169 Å². The minimum atomic E-state index is -6.02. The summed E-state index contributed by atoms with van der Waals surface area (Å²) in [4.78, 5) is 11.9. The number of halogens is 6. The summed E-state index contributed by atoms with van der Waals surface area (Å²) >= 11 is 0. The molecule has 4 bridgehead atoms. The first-order valence-corrected chi connectivity index (χ1v) is 11.3. The van der Waals surface area contributed by atoms with E-state index in [0.717, 1.165) is 0 Å². The normalized spacial score (nSPS) is 39.0. The van der Waals surface area contributed by atoms with E-state index in [9.17, 15) is 39.6 Å². The zero-order valence-electron chi connectivity index (χ0n) is 15.9. The van der Waals surface area contributed by atoms with Crippen molar-refractivity contribution < 1.29 is 48.8 Å². The second-order valence-corrected chi connectivity index (χ2v) is 11.0. The van der Waals surface area contributed by atoms with Gasteiger partial charge >= 0.3 is 33.2 Å². The lowest BCUT2D eigenvalue weighted by molar-refractivity contribution is -0.228. The van der Waals surface area contributed by atoms with E-state index in [2.05, 4.69) is 0 Å². The van der Waals surface area contributed by atoms with Gasteiger partial charge in [0, 0.05) is 12.8 Å². The van der Waals surface area contributed by atoms with Gasteiger partial charge in [-0.2, -0.15) is 34.8 Å². The van der Waals surface area contributed by atoms with Gasteiger partial charge in [-0.1, -0.05) is 0 Å². The fourth-order valence-corrected chi connectivity index (χ4v) is 6.94. The first-order chi connectivity index (χ1) is 13.5. The van der Waals surface area contributed by atoms with Crippen molar-refractivity contribution in [1.29, 1.82) is 0 Å². The van der Waals surface area contributed by atoms with Crippen molar-refractivity contribution in [2.45, 2.75) is 80.5 Å². The van der Waals surface area contributed by atoms with Crippen LogP contribution in [0, 0.1) is 23.2 Å². The van der Waals surface area contributed by atoms with Crippen LogP contribution in [0.3, 0.4) is 0 Å². The van der Waals surface area contributed by atoms with Gasteiger partial charge in [0.15, 0.2) is 0 Å². The monoisotopic (exact) mass is 464 g/mol. The molecule has 0 radical (unpaired) electrons. The average molecular weight is 464 g/mol. The van der Waals surface area contributed by atoms with Crippen molar-refractivity contribution in [3.8, 4) is 0 Å². The number of esters is 1. The minimum Gasteiger partial charge on any atom is -0.454 e. The van der Waals surface area contributed by atoms with Crippen LogP contribution < -0.4 is 0 Å². The van der Waals surface area contributed by atoms with Crippen LogP contribution in [-0.2, 0) is 19.6 Å². The van der Waals surface area contributed by atoms with Crippen LogP contribution in [0.25, 0.3) is 0 Å². The third-order valence-electron chi connectivity index (χ3n) is 7.97. The van der Waals surface area contributed by atoms with Crippen LogP contribution in [-0.4, -0.2) is 41.6 Å².